The standard InChI is InChI=1S/C29H34O17/c1-42-22-3-12(4-23(43-2)29(22)41)20-7-15(32)24-14(31)5-13(6-21(24)46-20)45-11-19(36)28(40)27(39)18(35)10-44-9-17(34)26(38)25(37)16(33)8-30/h3-7,10,17,19,25-28,30-31,34-41H,8-9,11H2,1-2H3/t17-,19+,25+,26+,27+,28+/m0/s1. The second-order valence-electron chi connectivity index (χ2n) is 9.84. The second-order valence-corrected chi connectivity index (χ2v) is 9.84. The molecule has 0 spiro atoms. The normalized spacial score (nSPS) is 15.8. The number of aliphatic hydroxyl groups excluding tert-OH is 8. The largest absolute Gasteiger partial charge is 0.507 e. The molecule has 0 saturated carbocycles. The number of carbonyl (C=O) groups excluding carboxylic acids is 1. The molecule has 0 aliphatic rings. The summed E-state index contributed by atoms with van der Waals surface area (Å²) in [5, 5.41) is 98.8. The average molecular weight is 655 g/mol. The number of ketones is 1. The van der Waals surface area contributed by atoms with Gasteiger partial charge in [-0.25, -0.2) is 0 Å². The van der Waals surface area contributed by atoms with Gasteiger partial charge in [0.2, 0.25) is 5.75 Å². The van der Waals surface area contributed by atoms with E-state index in [1.807, 2.05) is 0 Å². The summed E-state index contributed by atoms with van der Waals surface area (Å²) in [4.78, 5) is 24.0. The molecule has 17 heteroatoms. The van der Waals surface area contributed by atoms with Gasteiger partial charge in [-0.05, 0) is 12.1 Å². The maximum atomic E-state index is 12.8. The third-order valence-corrected chi connectivity index (χ3v) is 6.66. The zero-order valence-electron chi connectivity index (χ0n) is 24.4. The van der Waals surface area contributed by atoms with Gasteiger partial charge in [0.15, 0.2) is 28.5 Å². The fraction of sp³-hybridized carbons (Fsp3) is 0.379. The Kier molecular flexibility index (Phi) is 12.2. The van der Waals surface area contributed by atoms with Crippen LogP contribution in [0.1, 0.15) is 0 Å². The monoisotopic (exact) mass is 654 g/mol. The number of aromatic hydroxyl groups is 2. The Hall–Kier alpha value is -4.62. The molecule has 2 aromatic carbocycles. The van der Waals surface area contributed by atoms with Gasteiger partial charge < -0.3 is 74.4 Å². The van der Waals surface area contributed by atoms with Crippen LogP contribution in [0, 0.1) is 0 Å². The van der Waals surface area contributed by atoms with Gasteiger partial charge in [-0.1, -0.05) is 0 Å². The summed E-state index contributed by atoms with van der Waals surface area (Å²) in [6.45, 7) is -2.60. The second kappa shape index (κ2) is 15.6. The van der Waals surface area contributed by atoms with E-state index in [4.69, 9.17) is 28.5 Å². The number of hydrogen-bond acceptors (Lipinski definition) is 17. The van der Waals surface area contributed by atoms with Crippen LogP contribution in [0.5, 0.6) is 28.7 Å². The Morgan fingerprint density at radius 2 is 1.46 bits per heavy atom. The zero-order valence-corrected chi connectivity index (χ0v) is 24.4. The van der Waals surface area contributed by atoms with Crippen LogP contribution in [0.4, 0.5) is 0 Å². The predicted molar refractivity (Wildman–Crippen MR) is 155 cm³/mol. The quantitative estimate of drug-likeness (QED) is 0.0779. The van der Waals surface area contributed by atoms with E-state index in [9.17, 15) is 55.5 Å². The molecule has 0 amide bonds. The van der Waals surface area contributed by atoms with Crippen molar-refractivity contribution in [2.75, 3.05) is 34.0 Å². The van der Waals surface area contributed by atoms with E-state index in [1.165, 1.54) is 32.4 Å². The Morgan fingerprint density at radius 3 is 2.04 bits per heavy atom. The summed E-state index contributed by atoms with van der Waals surface area (Å²) < 4.78 is 26.2. The van der Waals surface area contributed by atoms with Gasteiger partial charge in [0.1, 0.15) is 90.9 Å². The molecule has 252 valence electrons. The number of hydrogen-bond donors (Lipinski definition) is 10. The highest BCUT2D eigenvalue weighted by Crippen LogP contribution is 2.41. The van der Waals surface area contributed by atoms with E-state index in [2.05, 4.69) is 0 Å². The molecule has 0 radical (unpaired) electrons. The lowest BCUT2D eigenvalue weighted by molar-refractivity contribution is -0.143. The molecule has 0 saturated heterocycles. The molecule has 0 unspecified atom stereocenters. The van der Waals surface area contributed by atoms with Gasteiger partial charge in [0.25, 0.3) is 0 Å². The topological polar surface area (TPSA) is 286 Å². The fourth-order valence-electron chi connectivity index (χ4n) is 4.07. The first-order chi connectivity index (χ1) is 21.7. The number of rotatable bonds is 16. The van der Waals surface area contributed by atoms with Crippen molar-refractivity contribution >= 4 is 16.8 Å². The molecule has 0 bridgehead atoms. The van der Waals surface area contributed by atoms with Gasteiger partial charge in [-0.3, -0.25) is 9.59 Å². The van der Waals surface area contributed by atoms with E-state index >= 15 is 0 Å². The van der Waals surface area contributed by atoms with E-state index in [0.29, 0.717) is 6.26 Å². The van der Waals surface area contributed by atoms with E-state index < -0.39 is 79.2 Å². The Morgan fingerprint density at radius 1 is 0.870 bits per heavy atom. The summed E-state index contributed by atoms with van der Waals surface area (Å²) in [5.74, 6) is -3.08. The van der Waals surface area contributed by atoms with Crippen molar-refractivity contribution in [2.24, 2.45) is 0 Å². The summed E-state index contributed by atoms with van der Waals surface area (Å²) >= 11 is 0. The molecular weight excluding hydrogens is 620 g/mol. The van der Waals surface area contributed by atoms with E-state index in [-0.39, 0.29) is 45.3 Å². The van der Waals surface area contributed by atoms with Crippen molar-refractivity contribution in [3.05, 3.63) is 52.6 Å². The number of Topliss-reactive ketones (excluding diaryl/α,β-unsaturated/α-hetero) is 1. The lowest BCUT2D eigenvalue weighted by atomic mass is 10.1. The van der Waals surface area contributed by atoms with Crippen LogP contribution >= 0.6 is 0 Å². The molecule has 0 aliphatic heterocycles. The molecule has 1 aromatic heterocycles. The molecule has 0 aliphatic carbocycles. The predicted octanol–water partition coefficient (Wildman–Crippen LogP) is -1.59. The first kappa shape index (κ1) is 35.9. The molecule has 46 heavy (non-hydrogen) atoms. The molecule has 1 heterocycles. The smallest absolute Gasteiger partial charge is 0.200 e. The number of carbonyl (C=O) groups is 1. The highest BCUT2D eigenvalue weighted by atomic mass is 16.5. The summed E-state index contributed by atoms with van der Waals surface area (Å²) in [6, 6.07) is 6.12. The van der Waals surface area contributed by atoms with Crippen LogP contribution in [-0.4, -0.2) is 128 Å². The Balaban J connectivity index is 1.70. The number of methoxy groups -OCH3 is 2. The molecule has 17 nitrogen and oxygen atoms in total. The number of phenolic OH excluding ortho intramolecular Hbond substituents is 2. The maximum absolute atomic E-state index is 12.8. The fourth-order valence-corrected chi connectivity index (χ4v) is 4.07. The molecule has 10 N–H and O–H groups in total. The van der Waals surface area contributed by atoms with Crippen molar-refractivity contribution in [1.82, 2.24) is 0 Å². The first-order valence-electron chi connectivity index (χ1n) is 13.4. The Bertz CT molecular complexity index is 1570. The zero-order chi connectivity index (χ0) is 34.3. The minimum Gasteiger partial charge on any atom is -0.507 e. The highest BCUT2D eigenvalue weighted by Gasteiger charge is 2.31. The minimum absolute atomic E-state index is 0.00515. The van der Waals surface area contributed by atoms with Crippen LogP contribution in [0.15, 0.2) is 51.6 Å². The number of ether oxygens (including phenoxy) is 4. The van der Waals surface area contributed by atoms with E-state index in [0.717, 1.165) is 12.1 Å². The summed E-state index contributed by atoms with van der Waals surface area (Å²) in [5.41, 5.74) is -0.496. The number of fused-ring (bicyclic) bond motifs is 1. The molecule has 3 rings (SSSR count). The SMILES string of the molecule is COc1cc(-c2cc(=O)c3c(O)cc(OC[C@@H](O)[C@@H](O)[C@H](O)C(O)=COC[C@H](O)[C@@H](O)[C@H](O)C(=O)CO)cc3o2)cc(OC)c1O. The summed E-state index contributed by atoms with van der Waals surface area (Å²) in [7, 11) is 2.62. The van der Waals surface area contributed by atoms with Crippen LogP contribution in [0.25, 0.3) is 22.3 Å². The van der Waals surface area contributed by atoms with Gasteiger partial charge in [0, 0.05) is 23.8 Å². The van der Waals surface area contributed by atoms with Gasteiger partial charge in [-0.15, -0.1) is 0 Å². The lowest BCUT2D eigenvalue weighted by Crippen LogP contribution is -2.45. The number of phenols is 2. The average Bonchev–Trinajstić information content (AvgIpc) is 3.04. The third-order valence-electron chi connectivity index (χ3n) is 6.66. The van der Waals surface area contributed by atoms with Crippen molar-refractivity contribution in [3.63, 3.8) is 0 Å². The minimum atomic E-state index is -2.15. The van der Waals surface area contributed by atoms with Crippen LogP contribution in [0.2, 0.25) is 0 Å². The number of benzene rings is 2. The van der Waals surface area contributed by atoms with Crippen LogP contribution in [-0.2, 0) is 9.53 Å². The molecule has 6 atom stereocenters. The highest BCUT2D eigenvalue weighted by molar-refractivity contribution is 5.86. The van der Waals surface area contributed by atoms with Gasteiger partial charge >= 0.3 is 0 Å². The third kappa shape index (κ3) is 8.15. The molecular formula is C29H34O17. The molecule has 3 aromatic rings. The van der Waals surface area contributed by atoms with Gasteiger partial charge in [0.05, 0.1) is 14.2 Å². The van der Waals surface area contributed by atoms with Crippen molar-refractivity contribution < 1.29 is 79.2 Å². The van der Waals surface area contributed by atoms with E-state index in [1.54, 1.807) is 0 Å². The van der Waals surface area contributed by atoms with Crippen molar-refractivity contribution in [3.8, 4) is 40.1 Å². The molecule has 0 fully saturated rings. The number of aliphatic hydroxyl groups is 8. The Labute approximate surface area is 259 Å². The lowest BCUT2D eigenvalue weighted by Gasteiger charge is -2.23. The van der Waals surface area contributed by atoms with Crippen LogP contribution < -0.4 is 19.6 Å². The van der Waals surface area contributed by atoms with Crippen LogP contribution in [0.3, 0.4) is 0 Å². The van der Waals surface area contributed by atoms with Gasteiger partial charge in [-0.2, -0.15) is 0 Å². The van der Waals surface area contributed by atoms with Crippen molar-refractivity contribution in [1.29, 1.82) is 0 Å². The summed E-state index contributed by atoms with van der Waals surface area (Å²) in [6.07, 6.45) is -11.6. The first-order valence-corrected chi connectivity index (χ1v) is 13.4. The maximum Gasteiger partial charge on any atom is 0.200 e. The van der Waals surface area contributed by atoms with Crippen molar-refractivity contribution in [2.45, 2.75) is 36.6 Å².